The molecule has 254 valence electrons. The summed E-state index contributed by atoms with van der Waals surface area (Å²) in [6.45, 7) is 2.20. The third-order valence-corrected chi connectivity index (χ3v) is 10.3. The largest absolute Gasteiger partial charge is 0.245 e. The number of fused-ring (bicyclic) bond motifs is 3. The van der Waals surface area contributed by atoms with Gasteiger partial charge in [0.25, 0.3) is 0 Å². The molecule has 0 spiro atoms. The number of allylic oxidation sites excluding steroid dienone is 5. The van der Waals surface area contributed by atoms with Crippen molar-refractivity contribution in [1.82, 2.24) is 9.97 Å². The van der Waals surface area contributed by atoms with E-state index >= 15 is 0 Å². The first-order chi connectivity index (χ1) is 26.2. The van der Waals surface area contributed by atoms with Crippen LogP contribution in [-0.2, 0) is 6.42 Å². The Morgan fingerprint density at radius 1 is 0.566 bits per heavy atom. The van der Waals surface area contributed by atoms with E-state index in [1.54, 1.807) is 0 Å². The van der Waals surface area contributed by atoms with Gasteiger partial charge in [-0.2, -0.15) is 0 Å². The van der Waals surface area contributed by atoms with Gasteiger partial charge in [-0.05, 0) is 65.3 Å². The van der Waals surface area contributed by atoms with E-state index in [-0.39, 0.29) is 5.92 Å². The van der Waals surface area contributed by atoms with E-state index in [1.807, 2.05) is 12.3 Å². The first-order valence-corrected chi connectivity index (χ1v) is 18.4. The van der Waals surface area contributed by atoms with Crippen molar-refractivity contribution in [2.45, 2.75) is 32.1 Å². The predicted octanol–water partition coefficient (Wildman–Crippen LogP) is 12.0. The van der Waals surface area contributed by atoms with Crippen LogP contribution in [0.15, 0.2) is 185 Å². The third-order valence-electron chi connectivity index (χ3n) is 10.3. The van der Waals surface area contributed by atoms with E-state index in [2.05, 4.69) is 165 Å². The van der Waals surface area contributed by atoms with E-state index < -0.39 is 0 Å². The van der Waals surface area contributed by atoms with Gasteiger partial charge in [0.1, 0.15) is 0 Å². The number of hydrogen-bond acceptors (Lipinski definition) is 4. The van der Waals surface area contributed by atoms with Gasteiger partial charge in [0, 0.05) is 39.6 Å². The number of aliphatic imine (C=N–C) groups is 2. The molecule has 0 bridgehead atoms. The first kappa shape index (κ1) is 32.4. The Morgan fingerprint density at radius 3 is 1.91 bits per heavy atom. The van der Waals surface area contributed by atoms with Gasteiger partial charge in [-0.15, -0.1) is 0 Å². The SMILES string of the molecule is CCc1cc(-c2ccc(C3=NC(C4=CC=C(c5ccccc5)CC4)=CC(c4ccccc4)C=N3)cc2)nc2c1ccc1ccc(-c3ccccc3)nc12. The molecule has 2 aliphatic rings. The number of amidine groups is 1. The molecule has 0 saturated heterocycles. The highest BCUT2D eigenvalue weighted by Gasteiger charge is 2.19. The molecule has 1 aliphatic carbocycles. The van der Waals surface area contributed by atoms with Gasteiger partial charge in [-0.1, -0.05) is 153 Å². The van der Waals surface area contributed by atoms with Crippen molar-refractivity contribution in [3.05, 3.63) is 197 Å². The second-order valence-electron chi connectivity index (χ2n) is 13.6. The Bertz CT molecular complexity index is 2610. The Morgan fingerprint density at radius 2 is 1.19 bits per heavy atom. The zero-order valence-corrected chi connectivity index (χ0v) is 29.7. The van der Waals surface area contributed by atoms with Crippen LogP contribution in [0.4, 0.5) is 0 Å². The van der Waals surface area contributed by atoms with Crippen LogP contribution in [0.2, 0.25) is 0 Å². The third kappa shape index (κ3) is 6.56. The van der Waals surface area contributed by atoms with Crippen molar-refractivity contribution in [2.75, 3.05) is 0 Å². The lowest BCUT2D eigenvalue weighted by atomic mass is 9.90. The maximum atomic E-state index is 5.27. The zero-order chi connectivity index (χ0) is 35.6. The number of benzene rings is 5. The lowest BCUT2D eigenvalue weighted by Crippen LogP contribution is -2.01. The fraction of sp³-hybridized carbons (Fsp3) is 0.102. The summed E-state index contributed by atoms with van der Waals surface area (Å²) in [5, 5.41) is 2.23. The fourth-order valence-electron chi connectivity index (χ4n) is 7.40. The van der Waals surface area contributed by atoms with Gasteiger partial charge >= 0.3 is 0 Å². The van der Waals surface area contributed by atoms with Crippen LogP contribution < -0.4 is 0 Å². The van der Waals surface area contributed by atoms with Crippen LogP contribution in [0.25, 0.3) is 49.9 Å². The molecule has 4 heteroatoms. The molecule has 53 heavy (non-hydrogen) atoms. The smallest absolute Gasteiger partial charge is 0.159 e. The molecule has 4 nitrogen and oxygen atoms in total. The number of aromatic nitrogens is 2. The van der Waals surface area contributed by atoms with Gasteiger partial charge in [0.05, 0.1) is 28.1 Å². The van der Waals surface area contributed by atoms with Crippen molar-refractivity contribution in [3.63, 3.8) is 0 Å². The summed E-state index contributed by atoms with van der Waals surface area (Å²) in [5.74, 6) is 0.733. The monoisotopic (exact) mass is 682 g/mol. The number of hydrogen-bond donors (Lipinski definition) is 0. The van der Waals surface area contributed by atoms with Crippen LogP contribution in [0.3, 0.4) is 0 Å². The minimum absolute atomic E-state index is 0.0206. The average Bonchev–Trinajstić information content (AvgIpc) is 3.48. The number of nitrogens with zero attached hydrogens (tertiary/aromatic N) is 4. The maximum absolute atomic E-state index is 5.27. The lowest BCUT2D eigenvalue weighted by molar-refractivity contribution is 0.969. The standard InChI is InChI=1S/C49H38N4/c1-2-33-30-45(52-48-43(33)28-26-40-27-29-44(51-47(40)48)37-16-10-5-11-17-37)38-22-24-41(25-23-38)49-50-32-42(35-14-8-4-9-15-35)31-46(53-49)39-20-18-36(19-21-39)34-12-6-3-7-13-34/h3-18,20,22-32,42H,2,19,21H2,1H3. The minimum atomic E-state index is 0.0206. The normalized spacial score (nSPS) is 15.8. The highest BCUT2D eigenvalue weighted by atomic mass is 14.9. The molecule has 1 atom stereocenters. The van der Waals surface area contributed by atoms with Crippen molar-refractivity contribution >= 4 is 39.4 Å². The maximum Gasteiger partial charge on any atom is 0.159 e. The molecule has 0 saturated carbocycles. The van der Waals surface area contributed by atoms with E-state index in [0.717, 1.165) is 74.8 Å². The summed E-state index contributed by atoms with van der Waals surface area (Å²) in [6, 6.07) is 50.9. The van der Waals surface area contributed by atoms with Crippen LogP contribution in [0.1, 0.15) is 47.9 Å². The Kier molecular flexibility index (Phi) is 8.71. The number of pyridine rings is 2. The van der Waals surface area contributed by atoms with E-state index in [9.17, 15) is 0 Å². The van der Waals surface area contributed by atoms with E-state index in [0.29, 0.717) is 5.84 Å². The topological polar surface area (TPSA) is 50.5 Å². The van der Waals surface area contributed by atoms with E-state index in [4.69, 9.17) is 20.0 Å². The second-order valence-corrected chi connectivity index (χ2v) is 13.6. The zero-order valence-electron chi connectivity index (χ0n) is 29.7. The molecule has 1 aliphatic heterocycles. The Balaban J connectivity index is 1.08. The van der Waals surface area contributed by atoms with Gasteiger partial charge in [-0.3, -0.25) is 0 Å². The van der Waals surface area contributed by atoms with Gasteiger partial charge in [0.15, 0.2) is 5.84 Å². The molecular formula is C49H38N4. The summed E-state index contributed by atoms with van der Waals surface area (Å²) in [4.78, 5) is 20.7. The van der Waals surface area contributed by atoms with Crippen LogP contribution >= 0.6 is 0 Å². The number of aryl methyl sites for hydroxylation is 1. The van der Waals surface area contributed by atoms with Crippen LogP contribution in [-0.4, -0.2) is 22.0 Å². The molecule has 5 aromatic carbocycles. The molecule has 7 aromatic rings. The van der Waals surface area contributed by atoms with Crippen molar-refractivity contribution in [2.24, 2.45) is 9.98 Å². The van der Waals surface area contributed by atoms with Crippen molar-refractivity contribution in [3.8, 4) is 22.5 Å². The van der Waals surface area contributed by atoms with Crippen molar-refractivity contribution < 1.29 is 0 Å². The highest BCUT2D eigenvalue weighted by Crippen LogP contribution is 2.35. The molecule has 0 N–H and O–H groups in total. The minimum Gasteiger partial charge on any atom is -0.245 e. The molecule has 0 amide bonds. The Labute approximate surface area is 310 Å². The summed E-state index contributed by atoms with van der Waals surface area (Å²) in [5.41, 5.74) is 14.2. The van der Waals surface area contributed by atoms with Gasteiger partial charge in [0.2, 0.25) is 0 Å². The summed E-state index contributed by atoms with van der Waals surface area (Å²) in [7, 11) is 0. The number of rotatable bonds is 7. The lowest BCUT2D eigenvalue weighted by Gasteiger charge is -2.16. The second kappa shape index (κ2) is 14.2. The van der Waals surface area contributed by atoms with Crippen LogP contribution in [0.5, 0.6) is 0 Å². The molecule has 9 rings (SSSR count). The molecular weight excluding hydrogens is 645 g/mol. The summed E-state index contributed by atoms with van der Waals surface area (Å²) >= 11 is 0. The molecule has 0 fully saturated rings. The first-order valence-electron chi connectivity index (χ1n) is 18.4. The quantitative estimate of drug-likeness (QED) is 0.157. The molecule has 0 radical (unpaired) electrons. The van der Waals surface area contributed by atoms with Crippen LogP contribution in [0, 0.1) is 0 Å². The summed E-state index contributed by atoms with van der Waals surface area (Å²) in [6.07, 6.45) is 11.6. The summed E-state index contributed by atoms with van der Waals surface area (Å²) < 4.78 is 0. The molecule has 1 unspecified atom stereocenters. The molecule has 3 heterocycles. The fourth-order valence-corrected chi connectivity index (χ4v) is 7.40. The van der Waals surface area contributed by atoms with E-state index in [1.165, 1.54) is 27.8 Å². The Hall–Kier alpha value is -6.52. The van der Waals surface area contributed by atoms with Gasteiger partial charge in [-0.25, -0.2) is 20.0 Å². The van der Waals surface area contributed by atoms with Crippen molar-refractivity contribution in [1.29, 1.82) is 0 Å². The highest BCUT2D eigenvalue weighted by molar-refractivity contribution is 6.07. The predicted molar refractivity (Wildman–Crippen MR) is 221 cm³/mol. The average molecular weight is 683 g/mol. The molecule has 2 aromatic heterocycles. The van der Waals surface area contributed by atoms with Gasteiger partial charge < -0.3 is 0 Å².